The predicted molar refractivity (Wildman–Crippen MR) is 55.4 cm³/mol. The van der Waals surface area contributed by atoms with E-state index in [1.807, 2.05) is 0 Å². The molecule has 1 saturated heterocycles. The van der Waals surface area contributed by atoms with Crippen molar-refractivity contribution in [3.63, 3.8) is 0 Å². The molecule has 0 aromatic rings. The normalized spacial score (nSPS) is 25.2. The zero-order valence-corrected chi connectivity index (χ0v) is 8.88. The topological polar surface area (TPSA) is 57.6 Å². The van der Waals surface area contributed by atoms with E-state index in [9.17, 15) is 9.59 Å². The van der Waals surface area contributed by atoms with Crippen LogP contribution in [0, 0.1) is 5.92 Å². The van der Waals surface area contributed by atoms with Gasteiger partial charge in [0.05, 0.1) is 0 Å². The highest BCUT2D eigenvalue weighted by Crippen LogP contribution is 2.20. The van der Waals surface area contributed by atoms with Gasteiger partial charge in [-0.15, -0.1) is 0 Å². The maximum atomic E-state index is 11.9. The molecular formula is C9H15NO3S. The standard InChI is InChI=1S/C9H15NO3S/c1-6(5-14)8(11)10-4-2-3-7(10)9(12)13/h6-7,14H,2-5H2,1H3,(H,12,13)/t6-,7+/m1/s1/i/hD2. The van der Waals surface area contributed by atoms with E-state index in [4.69, 9.17) is 2.55 Å². The summed E-state index contributed by atoms with van der Waals surface area (Å²) in [5.74, 6) is -0.663. The molecule has 1 aliphatic heterocycles. The number of carboxylic acid groups (broad SMARTS) is 1. The third kappa shape index (κ3) is 2.20. The van der Waals surface area contributed by atoms with Crippen LogP contribution in [0.2, 0.25) is 0 Å². The fourth-order valence-corrected chi connectivity index (χ4v) is 1.77. The van der Waals surface area contributed by atoms with Gasteiger partial charge < -0.3 is 10.0 Å². The quantitative estimate of drug-likeness (QED) is 0.682. The predicted octanol–water partition coefficient (Wildman–Crippen LogP) is 0.628. The van der Waals surface area contributed by atoms with Crippen LogP contribution in [0.5, 0.6) is 0 Å². The minimum Gasteiger partial charge on any atom is -0.480 e. The van der Waals surface area contributed by atoms with Crippen LogP contribution >= 0.6 is 12.5 Å². The van der Waals surface area contributed by atoms with Crippen LogP contribution in [0.15, 0.2) is 0 Å². The Morgan fingerprint density at radius 2 is 2.64 bits per heavy atom. The molecule has 0 aromatic heterocycles. The Hall–Kier alpha value is -0.710. The van der Waals surface area contributed by atoms with Crippen LogP contribution in [-0.4, -0.2) is 41.3 Å². The minimum atomic E-state index is -0.670. The van der Waals surface area contributed by atoms with Crippen molar-refractivity contribution in [3.05, 3.63) is 0 Å². The summed E-state index contributed by atoms with van der Waals surface area (Å²) in [5, 5.41) is 3.93. The number of thiol groups is 1. The summed E-state index contributed by atoms with van der Waals surface area (Å²) in [5.41, 5.74) is 0. The Kier molecular flexibility index (Phi) is 2.87. The van der Waals surface area contributed by atoms with Gasteiger partial charge in [0.15, 0.2) is 0 Å². The molecule has 0 aliphatic carbocycles. The minimum absolute atomic E-state index is 0.132. The molecule has 1 aliphatic rings. The Labute approximate surface area is 91.3 Å². The number of rotatable bonds is 4. The molecule has 1 fully saturated rings. The Balaban J connectivity index is 2.64. The van der Waals surface area contributed by atoms with Crippen LogP contribution in [-0.2, 0) is 9.59 Å². The third-order valence-electron chi connectivity index (χ3n) is 2.48. The molecule has 5 heteroatoms. The Bertz CT molecular complexity index is 277. The molecule has 1 heterocycles. The average Bonchev–Trinajstić information content (AvgIpc) is 2.76. The van der Waals surface area contributed by atoms with Crippen LogP contribution in [0.1, 0.15) is 19.8 Å². The summed E-state index contributed by atoms with van der Waals surface area (Å²) in [4.78, 5) is 24.7. The average molecular weight is 219 g/mol. The Morgan fingerprint density at radius 1 is 1.86 bits per heavy atom. The number of carbonyl (C=O) groups excluding carboxylic acids is 1. The second kappa shape index (κ2) is 4.68. The van der Waals surface area contributed by atoms with Crippen molar-refractivity contribution in [2.75, 3.05) is 12.3 Å². The van der Waals surface area contributed by atoms with E-state index < -0.39 is 12.0 Å². The van der Waals surface area contributed by atoms with Gasteiger partial charge in [-0.05, 0) is 12.8 Å². The monoisotopic (exact) mass is 219 g/mol. The van der Waals surface area contributed by atoms with Crippen molar-refractivity contribution >= 4 is 24.4 Å². The van der Waals surface area contributed by atoms with Crippen molar-refractivity contribution in [2.24, 2.45) is 5.92 Å². The largest absolute Gasteiger partial charge is 0.480 e. The van der Waals surface area contributed by atoms with Gasteiger partial charge >= 0.3 is 5.97 Å². The summed E-state index contributed by atoms with van der Waals surface area (Å²) in [6.07, 6.45) is 1.32. The maximum Gasteiger partial charge on any atom is 0.326 e. The summed E-state index contributed by atoms with van der Waals surface area (Å²) in [6, 6.07) is -0.608. The molecular weight excluding hydrogens is 202 g/mol. The molecule has 1 N–H and O–H groups in total. The number of hydrogen-bond acceptors (Lipinski definition) is 4. The van der Waals surface area contributed by atoms with Gasteiger partial charge in [0, 0.05) is 18.2 Å². The van der Waals surface area contributed by atoms with Gasteiger partial charge in [0.2, 0.25) is 5.91 Å². The lowest BCUT2D eigenvalue weighted by molar-refractivity contribution is -0.149. The van der Waals surface area contributed by atoms with Crippen molar-refractivity contribution in [1.29, 1.82) is 2.55 Å². The molecule has 0 radical (unpaired) electrons. The summed E-state index contributed by atoms with van der Waals surface area (Å²) >= 11 is 0.862. The number of carbonyl (C=O) groups is 2. The second-order valence-corrected chi connectivity index (χ2v) is 3.91. The van der Waals surface area contributed by atoms with Gasteiger partial charge in [-0.2, -0.15) is 12.5 Å². The summed E-state index contributed by atoms with van der Waals surface area (Å²) in [6.45, 7) is 2.27. The summed E-state index contributed by atoms with van der Waals surface area (Å²) in [7, 11) is 0. The first-order valence-electron chi connectivity index (χ1n) is 5.49. The van der Waals surface area contributed by atoms with Crippen molar-refractivity contribution in [2.45, 2.75) is 25.8 Å². The van der Waals surface area contributed by atoms with Crippen LogP contribution < -0.4 is 0 Å². The molecule has 0 saturated carbocycles. The highest BCUT2D eigenvalue weighted by molar-refractivity contribution is 7.80. The van der Waals surface area contributed by atoms with Gasteiger partial charge in [-0.1, -0.05) is 6.92 Å². The first kappa shape index (κ1) is 8.59. The lowest BCUT2D eigenvalue weighted by Gasteiger charge is -2.24. The number of hydrogen-bond donors (Lipinski definition) is 2. The van der Waals surface area contributed by atoms with E-state index in [2.05, 4.69) is 5.11 Å². The van der Waals surface area contributed by atoms with Crippen LogP contribution in [0.3, 0.4) is 0 Å². The van der Waals surface area contributed by atoms with Crippen molar-refractivity contribution in [3.8, 4) is 0 Å². The van der Waals surface area contributed by atoms with Gasteiger partial charge in [0.1, 0.15) is 7.17 Å². The maximum absolute atomic E-state index is 11.9. The summed E-state index contributed by atoms with van der Waals surface area (Å²) < 4.78 is 13.6. The second-order valence-electron chi connectivity index (χ2n) is 3.58. The van der Waals surface area contributed by atoms with E-state index in [0.29, 0.717) is 18.7 Å². The molecule has 1 rings (SSSR count). The first-order valence-corrected chi connectivity index (χ1v) is 5.25. The molecule has 80 valence electrons. The fourth-order valence-electron chi connectivity index (χ4n) is 1.63. The van der Waals surface area contributed by atoms with Crippen molar-refractivity contribution < 1.29 is 14.7 Å². The van der Waals surface area contributed by atoms with E-state index in [1.165, 1.54) is 4.90 Å². The smallest absolute Gasteiger partial charge is 0.326 e. The zero-order valence-electron chi connectivity index (χ0n) is 10.1. The number of nitrogens with zero attached hydrogens (tertiary/aromatic N) is 1. The van der Waals surface area contributed by atoms with E-state index in [0.717, 1.165) is 19.0 Å². The molecule has 2 atom stereocenters. The molecule has 4 nitrogen and oxygen atoms in total. The van der Waals surface area contributed by atoms with Gasteiger partial charge in [0.25, 0.3) is 1.43 Å². The number of amides is 1. The lowest BCUT2D eigenvalue weighted by atomic mass is 10.1. The number of likely N-dealkylation sites (tertiary alicyclic amines) is 1. The van der Waals surface area contributed by atoms with Gasteiger partial charge in [-0.25, -0.2) is 4.79 Å². The zero-order chi connectivity index (χ0) is 12.1. The van der Waals surface area contributed by atoms with Crippen LogP contribution in [0.4, 0.5) is 0 Å². The molecule has 0 unspecified atom stereocenters. The molecule has 0 spiro atoms. The first-order chi connectivity index (χ1) is 7.61. The van der Waals surface area contributed by atoms with E-state index in [-0.39, 0.29) is 11.8 Å². The molecule has 0 aromatic carbocycles. The number of carboxylic acids is 1. The highest BCUT2D eigenvalue weighted by atomic mass is 32.1. The van der Waals surface area contributed by atoms with Crippen LogP contribution in [0.25, 0.3) is 1.43 Å². The van der Waals surface area contributed by atoms with Crippen molar-refractivity contribution in [1.82, 2.24) is 4.90 Å². The molecule has 0 bridgehead atoms. The Morgan fingerprint density at radius 3 is 3.29 bits per heavy atom. The molecule has 14 heavy (non-hydrogen) atoms. The molecule has 1 amide bonds. The third-order valence-corrected chi connectivity index (χ3v) is 2.98. The van der Waals surface area contributed by atoms with E-state index in [1.54, 1.807) is 6.92 Å². The lowest BCUT2D eigenvalue weighted by Crippen LogP contribution is -2.43. The highest BCUT2D eigenvalue weighted by Gasteiger charge is 2.35. The SMILES string of the molecule is [2H]OC(=O)[C@@H]1CCCN1C(=O)[C@H](C)CS[2H]. The van der Waals surface area contributed by atoms with Gasteiger partial charge in [-0.3, -0.25) is 4.79 Å². The fraction of sp³-hybridized carbons (Fsp3) is 0.778. The van der Waals surface area contributed by atoms with E-state index >= 15 is 0 Å². The number of aliphatic carboxylic acids is 1.